The van der Waals surface area contributed by atoms with E-state index < -0.39 is 53.7 Å². The predicted octanol–water partition coefficient (Wildman–Crippen LogP) is -0.696. The van der Waals surface area contributed by atoms with Gasteiger partial charge in [-0.15, -0.1) is 0 Å². The second kappa shape index (κ2) is 4.16. The highest BCUT2D eigenvalue weighted by atomic mass is 32.2. The molecule has 96 valence electrons. The van der Waals surface area contributed by atoms with Crippen LogP contribution < -0.4 is 10.9 Å². The SMILES string of the molecule is Nc1c(F)c(S(N)(=O)=O)c(F)c(F)c1[SH](=O)=O. The van der Waals surface area contributed by atoms with Crippen molar-refractivity contribution in [3.63, 3.8) is 0 Å². The van der Waals surface area contributed by atoms with Crippen molar-refractivity contribution in [2.75, 3.05) is 5.73 Å². The Hall–Kier alpha value is -1.33. The molecule has 0 amide bonds. The number of hydrogen-bond acceptors (Lipinski definition) is 5. The van der Waals surface area contributed by atoms with Crippen LogP contribution in [0.25, 0.3) is 0 Å². The number of nitrogen functional groups attached to an aromatic ring is 1. The van der Waals surface area contributed by atoms with Gasteiger partial charge in [0.25, 0.3) is 0 Å². The van der Waals surface area contributed by atoms with Crippen molar-refractivity contribution in [3.8, 4) is 0 Å². The van der Waals surface area contributed by atoms with Crippen molar-refractivity contribution in [1.29, 1.82) is 0 Å². The third-order valence-corrected chi connectivity index (χ3v) is 3.49. The van der Waals surface area contributed by atoms with Crippen molar-refractivity contribution >= 4 is 26.4 Å². The van der Waals surface area contributed by atoms with Crippen LogP contribution in [0, 0.1) is 17.5 Å². The molecule has 0 atom stereocenters. The maximum Gasteiger partial charge on any atom is 0.244 e. The van der Waals surface area contributed by atoms with Crippen LogP contribution in [0.3, 0.4) is 0 Å². The molecule has 0 saturated carbocycles. The van der Waals surface area contributed by atoms with E-state index in [1.54, 1.807) is 0 Å². The van der Waals surface area contributed by atoms with E-state index >= 15 is 0 Å². The lowest BCUT2D eigenvalue weighted by Crippen LogP contribution is -2.19. The van der Waals surface area contributed by atoms with Crippen LogP contribution in [0.2, 0.25) is 0 Å². The first-order valence-corrected chi connectivity index (χ1v) is 6.44. The minimum absolute atomic E-state index is 1.34. The Kier molecular flexibility index (Phi) is 3.36. The number of rotatable bonds is 2. The Labute approximate surface area is 95.0 Å². The van der Waals surface area contributed by atoms with Crippen LogP contribution in [-0.2, 0) is 20.7 Å². The molecule has 0 aliphatic carbocycles. The summed E-state index contributed by atoms with van der Waals surface area (Å²) in [5.41, 5.74) is 3.52. The molecule has 0 aromatic heterocycles. The third-order valence-electron chi connectivity index (χ3n) is 1.76. The van der Waals surface area contributed by atoms with Crippen molar-refractivity contribution in [1.82, 2.24) is 0 Å². The zero-order valence-electron chi connectivity index (χ0n) is 7.78. The van der Waals surface area contributed by atoms with E-state index in [4.69, 9.17) is 5.73 Å². The summed E-state index contributed by atoms with van der Waals surface area (Å²) in [5.74, 6) is -6.27. The standard InChI is InChI=1S/C6H5F3N2O4S2/c7-1-2(8)6(17(11,14)15)3(9)4(10)5(1)16(12)13/h16H,10H2,(H2,11,14,15). The van der Waals surface area contributed by atoms with E-state index in [1.165, 1.54) is 0 Å². The first kappa shape index (κ1) is 13.7. The summed E-state index contributed by atoms with van der Waals surface area (Å²) < 4.78 is 82.2. The highest BCUT2D eigenvalue weighted by Crippen LogP contribution is 2.30. The second-order valence-corrected chi connectivity index (χ2v) is 5.30. The zero-order valence-corrected chi connectivity index (χ0v) is 9.49. The number of halogens is 3. The lowest BCUT2D eigenvalue weighted by Gasteiger charge is -2.08. The van der Waals surface area contributed by atoms with E-state index in [0.717, 1.165) is 0 Å². The minimum atomic E-state index is -4.92. The fraction of sp³-hybridized carbons (Fsp3) is 0. The highest BCUT2D eigenvalue weighted by molar-refractivity contribution is 7.89. The summed E-state index contributed by atoms with van der Waals surface area (Å²) >= 11 is 0. The van der Waals surface area contributed by atoms with Crippen LogP contribution in [0.1, 0.15) is 0 Å². The normalized spacial score (nSPS) is 12.1. The van der Waals surface area contributed by atoms with Crippen LogP contribution in [-0.4, -0.2) is 16.8 Å². The van der Waals surface area contributed by atoms with E-state index in [-0.39, 0.29) is 0 Å². The molecule has 6 nitrogen and oxygen atoms in total. The average molecular weight is 290 g/mol. The van der Waals surface area contributed by atoms with Gasteiger partial charge in [-0.1, -0.05) is 0 Å². The van der Waals surface area contributed by atoms with Gasteiger partial charge in [0.1, 0.15) is 4.90 Å². The topological polar surface area (TPSA) is 120 Å². The Morgan fingerprint density at radius 3 is 1.82 bits per heavy atom. The fourth-order valence-corrected chi connectivity index (χ4v) is 2.33. The number of sulfonamides is 1. The van der Waals surface area contributed by atoms with Gasteiger partial charge in [0.2, 0.25) is 10.0 Å². The minimum Gasteiger partial charge on any atom is -0.395 e. The molecule has 4 N–H and O–H groups in total. The fourth-order valence-electron chi connectivity index (χ4n) is 1.07. The van der Waals surface area contributed by atoms with Crippen molar-refractivity contribution in [2.45, 2.75) is 9.79 Å². The van der Waals surface area contributed by atoms with Gasteiger partial charge in [-0.2, -0.15) is 0 Å². The Morgan fingerprint density at radius 1 is 1.00 bits per heavy atom. The van der Waals surface area contributed by atoms with Gasteiger partial charge in [0.05, 0.1) is 5.69 Å². The zero-order chi connectivity index (χ0) is 13.5. The van der Waals surface area contributed by atoms with Crippen molar-refractivity contribution < 1.29 is 30.0 Å². The second-order valence-electron chi connectivity index (χ2n) is 2.84. The molecular weight excluding hydrogens is 285 g/mol. The summed E-state index contributed by atoms with van der Waals surface area (Å²) in [7, 11) is -8.65. The molecule has 0 fully saturated rings. The number of nitrogens with two attached hydrogens (primary N) is 2. The molecule has 11 heteroatoms. The first-order valence-electron chi connectivity index (χ1n) is 3.72. The largest absolute Gasteiger partial charge is 0.395 e. The third kappa shape index (κ3) is 2.21. The molecule has 17 heavy (non-hydrogen) atoms. The Bertz CT molecular complexity index is 631. The van der Waals surface area contributed by atoms with Gasteiger partial charge >= 0.3 is 0 Å². The maximum absolute atomic E-state index is 13.3. The van der Waals surface area contributed by atoms with Crippen LogP contribution >= 0.6 is 0 Å². The molecule has 0 aliphatic heterocycles. The molecule has 1 rings (SSSR count). The number of hydrogen-bond donors (Lipinski definition) is 3. The van der Waals surface area contributed by atoms with Crippen molar-refractivity contribution in [2.24, 2.45) is 5.14 Å². The molecule has 0 radical (unpaired) electrons. The molecule has 1 aromatic rings. The predicted molar refractivity (Wildman–Crippen MR) is 50.7 cm³/mol. The summed E-state index contributed by atoms with van der Waals surface area (Å²) in [6.45, 7) is 0. The van der Waals surface area contributed by atoms with E-state index in [9.17, 15) is 30.0 Å². The monoisotopic (exact) mass is 290 g/mol. The molecule has 0 bridgehead atoms. The van der Waals surface area contributed by atoms with E-state index in [2.05, 4.69) is 5.14 Å². The summed E-state index contributed by atoms with van der Waals surface area (Å²) in [6.07, 6.45) is 0. The smallest absolute Gasteiger partial charge is 0.244 e. The van der Waals surface area contributed by atoms with Crippen LogP contribution in [0.15, 0.2) is 9.79 Å². The Balaban J connectivity index is 3.97. The maximum atomic E-state index is 13.3. The summed E-state index contributed by atoms with van der Waals surface area (Å²) in [4.78, 5) is -3.27. The van der Waals surface area contributed by atoms with Crippen LogP contribution in [0.4, 0.5) is 18.9 Å². The number of thiol groups is 1. The molecule has 0 unspecified atom stereocenters. The molecule has 1 aromatic carbocycles. The average Bonchev–Trinajstić information content (AvgIpc) is 2.12. The molecular formula is C6H5F3N2O4S2. The number of benzene rings is 1. The lowest BCUT2D eigenvalue weighted by molar-refractivity contribution is 0.443. The van der Waals surface area contributed by atoms with Gasteiger partial charge < -0.3 is 5.73 Å². The highest BCUT2D eigenvalue weighted by Gasteiger charge is 2.30. The van der Waals surface area contributed by atoms with Crippen LogP contribution in [0.5, 0.6) is 0 Å². The van der Waals surface area contributed by atoms with E-state index in [1.807, 2.05) is 0 Å². The molecule has 0 heterocycles. The number of anilines is 1. The quantitative estimate of drug-likeness (QED) is 0.378. The lowest BCUT2D eigenvalue weighted by atomic mass is 10.3. The van der Waals surface area contributed by atoms with Gasteiger partial charge in [0, 0.05) is 0 Å². The molecule has 0 saturated heterocycles. The van der Waals surface area contributed by atoms with Gasteiger partial charge in [-0.05, 0) is 0 Å². The summed E-state index contributed by atoms with van der Waals surface area (Å²) in [5, 5.41) is 4.44. The van der Waals surface area contributed by atoms with Crippen molar-refractivity contribution in [3.05, 3.63) is 17.5 Å². The van der Waals surface area contributed by atoms with E-state index in [0.29, 0.717) is 0 Å². The van der Waals surface area contributed by atoms with Gasteiger partial charge in [-0.3, -0.25) is 0 Å². The molecule has 0 aliphatic rings. The van der Waals surface area contributed by atoms with Gasteiger partial charge in [0.15, 0.2) is 33.1 Å². The molecule has 0 spiro atoms. The number of primary sulfonamides is 1. The first-order chi connectivity index (χ1) is 7.59. The Morgan fingerprint density at radius 2 is 1.47 bits per heavy atom. The van der Waals surface area contributed by atoms with Gasteiger partial charge in [-0.25, -0.2) is 35.1 Å². The summed E-state index contributed by atoms with van der Waals surface area (Å²) in [6, 6.07) is 0.